The molecule has 2 amide bonds. The fourth-order valence-corrected chi connectivity index (χ4v) is 6.80. The van der Waals surface area contributed by atoms with Gasteiger partial charge in [0.2, 0.25) is 11.0 Å². The number of carboxylic acids is 3. The van der Waals surface area contributed by atoms with Crippen molar-refractivity contribution in [2.45, 2.75) is 36.9 Å². The maximum absolute atomic E-state index is 13.3. The average Bonchev–Trinajstić information content (AvgIpc) is 3.49. The van der Waals surface area contributed by atoms with Crippen LogP contribution in [0.3, 0.4) is 0 Å². The van der Waals surface area contributed by atoms with Crippen molar-refractivity contribution in [3.05, 3.63) is 92.5 Å². The number of oxime groups is 1. The smallest absolute Gasteiger partial charge is 0.352 e. The van der Waals surface area contributed by atoms with Crippen molar-refractivity contribution >= 4 is 69.7 Å². The SMILES string of the molecule is CC(C)(O/N=C(\C(=O)N[C@@H]1C(=O)N2C(C(=O)O)=C(C=Cc3cc(=O)c(O)cn3C(C(=O)O)c3ccccc3)CS[C@H]12)c1csc(N)n1)C(=O)O. The number of nitrogens with zero attached hydrogens (tertiary/aromatic N) is 4. The van der Waals surface area contributed by atoms with Crippen molar-refractivity contribution in [3.8, 4) is 5.75 Å². The van der Waals surface area contributed by atoms with Crippen LogP contribution in [0.1, 0.15) is 36.8 Å². The Morgan fingerprint density at radius 2 is 1.84 bits per heavy atom. The molecule has 1 unspecified atom stereocenters. The first-order valence-electron chi connectivity index (χ1n) is 14.4. The second-order valence-electron chi connectivity index (χ2n) is 11.3. The van der Waals surface area contributed by atoms with Crippen molar-refractivity contribution < 1.29 is 49.2 Å². The van der Waals surface area contributed by atoms with E-state index in [1.54, 1.807) is 30.3 Å². The maximum atomic E-state index is 13.3. The standard InChI is InChI=1S/C31H28N6O11S2/c1-31(2,29(46)47)48-35-20(17-13-50-30(32)33-17)24(40)34-21-25(41)37-23(28(44)45)15(12-49-26(21)37)8-9-16-10-18(38)19(39)11-36(16)22(27(42)43)14-6-4-3-5-7-14/h3-11,13,21-22,26,39H,12H2,1-2H3,(H2,32,33)(H,34,40)(H,42,43)(H,44,45)(H,46,47)/b9-8?,35-20-/t21-,22?,26-/m1/s1. The Bertz CT molecular complexity index is 2050. The Morgan fingerprint density at radius 3 is 2.44 bits per heavy atom. The van der Waals surface area contributed by atoms with Crippen LogP contribution in [0.15, 0.2) is 75.3 Å². The lowest BCUT2D eigenvalue weighted by Gasteiger charge is -2.49. The van der Waals surface area contributed by atoms with Crippen LogP contribution < -0.4 is 16.5 Å². The Hall–Kier alpha value is -5.95. The molecular weight excluding hydrogens is 697 g/mol. The highest BCUT2D eigenvalue weighted by molar-refractivity contribution is 8.00. The first-order chi connectivity index (χ1) is 23.6. The van der Waals surface area contributed by atoms with Crippen LogP contribution in [0.25, 0.3) is 6.08 Å². The van der Waals surface area contributed by atoms with Crippen molar-refractivity contribution in [3.63, 3.8) is 0 Å². The van der Waals surface area contributed by atoms with Gasteiger partial charge in [-0.25, -0.2) is 19.4 Å². The molecule has 4 heterocycles. The number of anilines is 1. The van der Waals surface area contributed by atoms with E-state index in [9.17, 15) is 49.2 Å². The minimum atomic E-state index is -1.83. The van der Waals surface area contributed by atoms with E-state index in [0.29, 0.717) is 5.56 Å². The number of rotatable bonds is 12. The molecule has 2 aromatic heterocycles. The van der Waals surface area contributed by atoms with Crippen LogP contribution >= 0.6 is 23.1 Å². The zero-order chi connectivity index (χ0) is 36.5. The normalized spacial score (nSPS) is 18.3. The lowest BCUT2D eigenvalue weighted by Crippen LogP contribution is -2.71. The van der Waals surface area contributed by atoms with Crippen molar-refractivity contribution in [2.24, 2.45) is 5.16 Å². The molecule has 1 aromatic carbocycles. The lowest BCUT2D eigenvalue weighted by molar-refractivity contribution is -0.161. The molecule has 50 heavy (non-hydrogen) atoms. The van der Waals surface area contributed by atoms with Crippen LogP contribution in [0, 0.1) is 0 Å². The van der Waals surface area contributed by atoms with E-state index < -0.39 is 75.4 Å². The number of aromatic nitrogens is 2. The number of nitrogens with one attached hydrogen (secondary N) is 1. The molecule has 19 heteroatoms. The molecule has 260 valence electrons. The minimum Gasteiger partial charge on any atom is -0.503 e. The van der Waals surface area contributed by atoms with Gasteiger partial charge in [0, 0.05) is 22.9 Å². The van der Waals surface area contributed by atoms with Crippen LogP contribution in [0.5, 0.6) is 5.75 Å². The molecule has 0 bridgehead atoms. The van der Waals surface area contributed by atoms with E-state index in [1.807, 2.05) is 0 Å². The summed E-state index contributed by atoms with van der Waals surface area (Å²) in [6.07, 6.45) is 3.61. The van der Waals surface area contributed by atoms with Gasteiger partial charge in [0.15, 0.2) is 22.6 Å². The third kappa shape index (κ3) is 6.94. The van der Waals surface area contributed by atoms with Crippen molar-refractivity contribution in [1.29, 1.82) is 0 Å². The molecule has 0 saturated carbocycles. The number of carbonyl (C=O) groups excluding carboxylic acids is 2. The van der Waals surface area contributed by atoms with Crippen LogP contribution in [0.4, 0.5) is 5.13 Å². The Balaban J connectivity index is 1.43. The van der Waals surface area contributed by atoms with Gasteiger partial charge in [-0.15, -0.1) is 23.1 Å². The van der Waals surface area contributed by atoms with Gasteiger partial charge in [0.25, 0.3) is 11.8 Å². The number of thiazole rings is 1. The topological polar surface area (TPSA) is 264 Å². The summed E-state index contributed by atoms with van der Waals surface area (Å²) in [5.41, 5.74) is 2.64. The van der Waals surface area contributed by atoms with E-state index in [1.165, 1.54) is 31.4 Å². The molecule has 2 aliphatic heterocycles. The number of aromatic hydroxyl groups is 1. The summed E-state index contributed by atoms with van der Waals surface area (Å²) in [4.78, 5) is 85.4. The quantitative estimate of drug-likeness (QED) is 0.0874. The number of pyridine rings is 1. The van der Waals surface area contributed by atoms with E-state index in [2.05, 4.69) is 15.5 Å². The molecule has 3 atom stereocenters. The number of nitrogens with two attached hydrogens (primary N) is 1. The van der Waals surface area contributed by atoms with Crippen molar-refractivity contribution in [1.82, 2.24) is 19.8 Å². The van der Waals surface area contributed by atoms with Gasteiger partial charge in [0.1, 0.15) is 22.8 Å². The number of hydrogen-bond donors (Lipinski definition) is 6. The highest BCUT2D eigenvalue weighted by Crippen LogP contribution is 2.41. The molecule has 0 aliphatic carbocycles. The number of carboxylic acid groups (broad SMARTS) is 3. The number of allylic oxidation sites excluding steroid dienone is 1. The van der Waals surface area contributed by atoms with E-state index in [-0.39, 0.29) is 27.8 Å². The molecule has 0 radical (unpaired) electrons. The molecule has 0 spiro atoms. The number of hydrogen-bond acceptors (Lipinski definition) is 13. The van der Waals surface area contributed by atoms with Gasteiger partial charge in [-0.3, -0.25) is 19.3 Å². The molecular formula is C31H28N6O11S2. The number of β-lactam (4-membered cyclic amide) rings is 1. The lowest BCUT2D eigenvalue weighted by atomic mass is 10.0. The van der Waals surface area contributed by atoms with Crippen LogP contribution in [-0.4, -0.2) is 93.1 Å². The number of nitrogen functional groups attached to an aromatic ring is 1. The highest BCUT2D eigenvalue weighted by Gasteiger charge is 2.54. The third-order valence-corrected chi connectivity index (χ3v) is 9.50. The largest absolute Gasteiger partial charge is 0.503 e. The molecule has 1 fully saturated rings. The summed E-state index contributed by atoms with van der Waals surface area (Å²) in [5, 5.41) is 46.5. The highest BCUT2D eigenvalue weighted by atomic mass is 32.2. The van der Waals surface area contributed by atoms with E-state index >= 15 is 0 Å². The molecule has 17 nitrogen and oxygen atoms in total. The number of fused-ring (bicyclic) bond motifs is 1. The number of benzene rings is 1. The van der Waals surface area contributed by atoms with Crippen LogP contribution in [0.2, 0.25) is 0 Å². The predicted molar refractivity (Wildman–Crippen MR) is 179 cm³/mol. The third-order valence-electron chi connectivity index (χ3n) is 7.52. The summed E-state index contributed by atoms with van der Waals surface area (Å²) in [6.45, 7) is 2.41. The zero-order valence-electron chi connectivity index (χ0n) is 26.0. The van der Waals surface area contributed by atoms with Crippen molar-refractivity contribution in [2.75, 3.05) is 11.5 Å². The van der Waals surface area contributed by atoms with E-state index in [0.717, 1.165) is 44.8 Å². The number of carbonyl (C=O) groups is 5. The number of amides is 2. The summed E-state index contributed by atoms with van der Waals surface area (Å²) >= 11 is 2.09. The number of thioether (sulfide) groups is 1. The summed E-state index contributed by atoms with van der Waals surface area (Å²) in [7, 11) is 0. The van der Waals surface area contributed by atoms with Crippen LogP contribution in [-0.2, 0) is 28.8 Å². The first kappa shape index (κ1) is 35.4. The number of aliphatic carboxylic acids is 3. The Labute approximate surface area is 290 Å². The van der Waals surface area contributed by atoms with Gasteiger partial charge in [0.05, 0.1) is 6.20 Å². The molecule has 2 aliphatic rings. The Morgan fingerprint density at radius 1 is 1.14 bits per heavy atom. The second kappa shape index (κ2) is 13.9. The van der Waals surface area contributed by atoms with Gasteiger partial charge in [-0.05, 0) is 31.1 Å². The summed E-state index contributed by atoms with van der Waals surface area (Å²) in [6, 6.07) is 6.47. The summed E-state index contributed by atoms with van der Waals surface area (Å²) < 4.78 is 1.15. The zero-order valence-corrected chi connectivity index (χ0v) is 27.7. The van der Waals surface area contributed by atoms with E-state index in [4.69, 9.17) is 10.6 Å². The second-order valence-corrected chi connectivity index (χ2v) is 13.3. The fraction of sp³-hybridized carbons (Fsp3) is 0.226. The monoisotopic (exact) mass is 724 g/mol. The minimum absolute atomic E-state index is 0.0157. The Kier molecular flexibility index (Phi) is 9.82. The molecule has 3 aromatic rings. The predicted octanol–water partition coefficient (Wildman–Crippen LogP) is 1.30. The van der Waals surface area contributed by atoms with Gasteiger partial charge in [-0.1, -0.05) is 41.6 Å². The maximum Gasteiger partial charge on any atom is 0.352 e. The van der Waals surface area contributed by atoms with Gasteiger partial charge in [-0.2, -0.15) is 0 Å². The fourth-order valence-electron chi connectivity index (χ4n) is 4.93. The summed E-state index contributed by atoms with van der Waals surface area (Å²) in [5.74, 6) is -6.55. The van der Waals surface area contributed by atoms with Gasteiger partial charge < -0.3 is 40.9 Å². The van der Waals surface area contributed by atoms with Gasteiger partial charge >= 0.3 is 17.9 Å². The average molecular weight is 725 g/mol. The molecule has 7 N–H and O–H groups in total. The first-order valence-corrected chi connectivity index (χ1v) is 16.4. The molecule has 1 saturated heterocycles. The molecule has 5 rings (SSSR count).